The largest absolute Gasteiger partial charge is 1.00 e. The van der Waals surface area contributed by atoms with Gasteiger partial charge >= 0.3 is 18.9 Å². The Morgan fingerprint density at radius 3 is 1.68 bits per heavy atom. The summed E-state index contributed by atoms with van der Waals surface area (Å²) in [6.07, 6.45) is 0. The molecule has 56 heavy (non-hydrogen) atoms. The second kappa shape index (κ2) is 24.6. The Balaban J connectivity index is 0.000000205. The molecule has 3 heterocycles. The van der Waals surface area contributed by atoms with Crippen molar-refractivity contribution >= 4 is 141 Å². The van der Waals surface area contributed by atoms with Crippen LogP contribution in [0.3, 0.4) is 0 Å². The predicted molar refractivity (Wildman–Crippen MR) is 257 cm³/mol. The molecule has 0 radical (unpaired) electrons. The van der Waals surface area contributed by atoms with Gasteiger partial charge in [-0.05, 0) is 118 Å². The number of fused-ring (bicyclic) bond motifs is 6. The molecule has 3 aliphatic heterocycles. The molecule has 0 amide bonds. The maximum absolute atomic E-state index is 5.95. The normalized spacial score (nSPS) is 11.4. The second-order valence-electron chi connectivity index (χ2n) is 11.8. The minimum atomic E-state index is 0. The molecular weight excluding hydrogens is 1030 g/mol. The quantitative estimate of drug-likeness (QED) is 0.118. The van der Waals surface area contributed by atoms with Crippen molar-refractivity contribution < 1.29 is 23.6 Å². The molecule has 0 saturated heterocycles. The average molecular weight is 1070 g/mol. The van der Waals surface area contributed by atoms with Crippen LogP contribution in [0.1, 0.15) is 25.0 Å². The molecule has 0 spiro atoms. The summed E-state index contributed by atoms with van der Waals surface area (Å²) in [5, 5.41) is 11.1. The molecule has 0 aliphatic carbocycles. The molecule has 3 aliphatic rings. The van der Waals surface area contributed by atoms with E-state index in [1.165, 1.54) is 63.2 Å². The van der Waals surface area contributed by atoms with Crippen LogP contribution >= 0.6 is 107 Å². The van der Waals surface area contributed by atoms with E-state index in [0.717, 1.165) is 38.6 Å². The number of rotatable bonds is 2. The van der Waals surface area contributed by atoms with Gasteiger partial charge in [0.05, 0.1) is 34.1 Å². The van der Waals surface area contributed by atoms with Crippen LogP contribution in [0.25, 0.3) is 0 Å². The molecule has 13 heteroatoms. The van der Waals surface area contributed by atoms with Crippen molar-refractivity contribution in [2.24, 2.45) is 0 Å². The number of hydrogen-bond donors (Lipinski definition) is 3. The van der Waals surface area contributed by atoms with Crippen molar-refractivity contribution in [3.8, 4) is 0 Å². The van der Waals surface area contributed by atoms with Gasteiger partial charge in [0, 0.05) is 84.8 Å². The predicted octanol–water partition coefficient (Wildman–Crippen LogP) is 14.7. The van der Waals surface area contributed by atoms with Gasteiger partial charge in [-0.25, -0.2) is 0 Å². The molecule has 0 atom stereocenters. The van der Waals surface area contributed by atoms with Crippen LogP contribution in [0.5, 0.6) is 0 Å². The summed E-state index contributed by atoms with van der Waals surface area (Å²) in [5.41, 5.74) is 9.66. The van der Waals surface area contributed by atoms with Crippen molar-refractivity contribution in [1.29, 1.82) is 0 Å². The Bertz CT molecular complexity index is 2200. The molecular formula is C43H41Br4ClLiN3OS3. The fraction of sp³-hybridized carbons (Fsp3) is 0.140. The topological polar surface area (TPSA) is 45.3 Å². The number of hydrogen-bond acceptors (Lipinski definition) is 7. The van der Waals surface area contributed by atoms with Crippen LogP contribution in [-0.2, 0) is 4.74 Å². The summed E-state index contributed by atoms with van der Waals surface area (Å²) in [4.78, 5) is 7.61. The number of ether oxygens (including phenoxy) is 1. The molecule has 3 N–H and O–H groups in total. The summed E-state index contributed by atoms with van der Waals surface area (Å²) in [6, 6.07) is 39.6. The van der Waals surface area contributed by atoms with E-state index in [9.17, 15) is 0 Å². The maximum Gasteiger partial charge on any atom is 1.00 e. The van der Waals surface area contributed by atoms with Gasteiger partial charge in [0.2, 0.25) is 0 Å². The maximum atomic E-state index is 5.95. The van der Waals surface area contributed by atoms with E-state index >= 15 is 0 Å². The number of para-hydroxylation sites is 3. The van der Waals surface area contributed by atoms with Crippen molar-refractivity contribution in [2.75, 3.05) is 29.2 Å². The third-order valence-corrected chi connectivity index (χ3v) is 12.6. The molecule has 6 aromatic carbocycles. The Morgan fingerprint density at radius 2 is 1.04 bits per heavy atom. The van der Waals surface area contributed by atoms with Gasteiger partial charge in [-0.1, -0.05) is 115 Å². The molecule has 0 unspecified atom stereocenters. The molecule has 0 saturated carbocycles. The Morgan fingerprint density at radius 1 is 0.518 bits per heavy atom. The molecule has 0 aromatic heterocycles. The summed E-state index contributed by atoms with van der Waals surface area (Å²) in [5.74, 6) is 0. The van der Waals surface area contributed by atoms with E-state index in [1.54, 1.807) is 23.5 Å². The third-order valence-electron chi connectivity index (χ3n) is 8.01. The van der Waals surface area contributed by atoms with E-state index in [2.05, 4.69) is 181 Å². The smallest absolute Gasteiger partial charge is 0.382 e. The Hall–Kier alpha value is -1.46. The molecule has 0 bridgehead atoms. The second-order valence-corrected chi connectivity index (χ2v) is 17.3. The minimum Gasteiger partial charge on any atom is -0.382 e. The van der Waals surface area contributed by atoms with E-state index in [-0.39, 0.29) is 26.3 Å². The van der Waals surface area contributed by atoms with Crippen molar-refractivity contribution in [3.63, 3.8) is 0 Å². The number of benzene rings is 6. The van der Waals surface area contributed by atoms with Gasteiger partial charge in [0.1, 0.15) is 0 Å². The van der Waals surface area contributed by atoms with Crippen LogP contribution < -0.4 is 34.8 Å². The number of halogens is 5. The summed E-state index contributed by atoms with van der Waals surface area (Å²) < 4.78 is 7.07. The van der Waals surface area contributed by atoms with Crippen LogP contribution in [0.15, 0.2) is 154 Å². The average Bonchev–Trinajstić information content (AvgIpc) is 3.18. The van der Waals surface area contributed by atoms with E-state index in [1.807, 2.05) is 49.9 Å². The molecule has 6 aromatic rings. The zero-order chi connectivity index (χ0) is 38.6. The SMILES string of the molecule is BrBr.CCOCC.Cc1cc(Br)cc2c1Nc1ccc(Br)cc1S2.Cc1cccc2c1Nc1ccccc1S2.Clc1ccc2c(c1)Nc1ccccc1S2.[CH3-].[Li+]. The van der Waals surface area contributed by atoms with Crippen LogP contribution in [-0.4, -0.2) is 13.2 Å². The minimum absolute atomic E-state index is 0. The Labute approximate surface area is 394 Å². The van der Waals surface area contributed by atoms with Gasteiger partial charge < -0.3 is 28.1 Å². The van der Waals surface area contributed by atoms with Crippen LogP contribution in [0.2, 0.25) is 5.02 Å². The van der Waals surface area contributed by atoms with Gasteiger partial charge in [-0.15, -0.1) is 0 Å². The number of anilines is 6. The van der Waals surface area contributed by atoms with Crippen LogP contribution in [0, 0.1) is 21.3 Å². The molecule has 9 rings (SSSR count). The van der Waals surface area contributed by atoms with E-state index in [0.29, 0.717) is 0 Å². The molecule has 0 fully saturated rings. The fourth-order valence-corrected chi connectivity index (χ4v) is 10.1. The fourth-order valence-electron chi connectivity index (χ4n) is 5.50. The van der Waals surface area contributed by atoms with Crippen molar-refractivity contribution in [3.05, 3.63) is 148 Å². The standard InChI is InChI=1S/C13H9Br2NS.C13H11NS.C12H8ClNS.C4H10O.CH3.Br2.Li/c1-7-4-9(15)6-12-13(7)16-10-3-2-8(14)5-11(10)17-12;1-9-5-4-8-12-13(9)14-10-6-2-3-7-11(10)15-12;13-8-5-6-12-10(7-8)14-9-3-1-2-4-11(9)15-12;1-3-5-4-2;;1-2;/h2-6,16H,1H3;2-8,14H,1H3;1-7,14H;3-4H2,1-2H3;1H3;;/q;;;;-1;;+1. The van der Waals surface area contributed by atoms with Gasteiger partial charge in [-0.2, -0.15) is 0 Å². The summed E-state index contributed by atoms with van der Waals surface area (Å²) >= 11 is 23.9. The summed E-state index contributed by atoms with van der Waals surface area (Å²) in [6.45, 7) is 9.93. The van der Waals surface area contributed by atoms with Gasteiger partial charge in [-0.3, -0.25) is 0 Å². The van der Waals surface area contributed by atoms with Crippen LogP contribution in [0.4, 0.5) is 34.1 Å². The van der Waals surface area contributed by atoms with E-state index in [4.69, 9.17) is 16.3 Å². The zero-order valence-corrected chi connectivity index (χ0v) is 41.5. The monoisotopic (exact) mass is 1070 g/mol. The van der Waals surface area contributed by atoms with Crippen molar-refractivity contribution in [2.45, 2.75) is 57.1 Å². The Kier molecular flexibility index (Phi) is 21.5. The first-order chi connectivity index (χ1) is 26.2. The first-order valence-electron chi connectivity index (χ1n) is 17.0. The molecule has 288 valence electrons. The molecule has 4 nitrogen and oxygen atoms in total. The zero-order valence-electron chi connectivity index (χ0n) is 31.9. The van der Waals surface area contributed by atoms with Gasteiger partial charge in [0.15, 0.2) is 0 Å². The van der Waals surface area contributed by atoms with E-state index < -0.39 is 0 Å². The first-order valence-corrected chi connectivity index (χ1v) is 25.1. The summed E-state index contributed by atoms with van der Waals surface area (Å²) in [7, 11) is 0. The van der Waals surface area contributed by atoms with Gasteiger partial charge in [0.25, 0.3) is 0 Å². The van der Waals surface area contributed by atoms with Crippen molar-refractivity contribution in [1.82, 2.24) is 0 Å². The number of aryl methyl sites for hydroxylation is 2. The number of nitrogens with one attached hydrogen (secondary N) is 3. The third kappa shape index (κ3) is 13.3. The first kappa shape index (κ1) is 48.9.